The van der Waals surface area contributed by atoms with Gasteiger partial charge in [-0.2, -0.15) is 0 Å². The number of nitrogens with zero attached hydrogens (tertiary/aromatic N) is 2. The van der Waals surface area contributed by atoms with Gasteiger partial charge < -0.3 is 5.73 Å². The molecule has 1 aromatic heterocycles. The minimum atomic E-state index is -0.623. The molecule has 1 amide bonds. The summed E-state index contributed by atoms with van der Waals surface area (Å²) >= 11 is 3.44. The summed E-state index contributed by atoms with van der Waals surface area (Å²) in [7, 11) is 0. The highest BCUT2D eigenvalue weighted by Crippen LogP contribution is 2.26. The smallest absolute Gasteiger partial charge is 0.286 e. The molecule has 0 saturated heterocycles. The molecule has 0 unspecified atom stereocenters. The van der Waals surface area contributed by atoms with E-state index in [1.54, 1.807) is 6.92 Å². The SMILES string of the molecule is Cc1cc(-c2ccccc2Br)nc(C(N)=O)n1. The molecule has 5 heteroatoms. The molecule has 2 rings (SSSR count). The number of aromatic nitrogens is 2. The maximum absolute atomic E-state index is 11.1. The molecule has 0 aliphatic heterocycles. The number of benzene rings is 1. The molecule has 86 valence electrons. The van der Waals surface area contributed by atoms with E-state index in [0.717, 1.165) is 10.0 Å². The topological polar surface area (TPSA) is 68.9 Å². The minimum Gasteiger partial charge on any atom is -0.363 e. The molecule has 2 aromatic rings. The van der Waals surface area contributed by atoms with Crippen molar-refractivity contribution in [3.8, 4) is 11.3 Å². The fourth-order valence-corrected chi connectivity index (χ4v) is 1.97. The zero-order valence-electron chi connectivity index (χ0n) is 9.14. The number of hydrogen-bond acceptors (Lipinski definition) is 3. The molecular formula is C12H10BrN3O. The van der Waals surface area contributed by atoms with Crippen molar-refractivity contribution in [3.05, 3.63) is 46.3 Å². The molecular weight excluding hydrogens is 282 g/mol. The predicted molar refractivity (Wildman–Crippen MR) is 68.4 cm³/mol. The van der Waals surface area contributed by atoms with Crippen molar-refractivity contribution in [2.75, 3.05) is 0 Å². The number of halogens is 1. The highest BCUT2D eigenvalue weighted by molar-refractivity contribution is 9.10. The van der Waals surface area contributed by atoms with Gasteiger partial charge in [0.05, 0.1) is 5.69 Å². The Bertz CT molecular complexity index is 584. The van der Waals surface area contributed by atoms with Gasteiger partial charge in [0.1, 0.15) is 0 Å². The molecule has 1 heterocycles. The summed E-state index contributed by atoms with van der Waals surface area (Å²) in [5.74, 6) is -0.585. The number of nitrogens with two attached hydrogens (primary N) is 1. The first-order chi connectivity index (χ1) is 8.08. The molecule has 2 N–H and O–H groups in total. The minimum absolute atomic E-state index is 0.0377. The Morgan fingerprint density at radius 2 is 2.00 bits per heavy atom. The summed E-state index contributed by atoms with van der Waals surface area (Å²) in [5.41, 5.74) is 7.48. The Balaban J connectivity index is 2.60. The number of carbonyl (C=O) groups excluding carboxylic acids is 1. The van der Waals surface area contributed by atoms with Crippen LogP contribution in [0.4, 0.5) is 0 Å². The Hall–Kier alpha value is -1.75. The highest BCUT2D eigenvalue weighted by Gasteiger charge is 2.10. The number of primary amides is 1. The van der Waals surface area contributed by atoms with Gasteiger partial charge in [-0.05, 0) is 19.1 Å². The fourth-order valence-electron chi connectivity index (χ4n) is 1.49. The van der Waals surface area contributed by atoms with E-state index in [9.17, 15) is 4.79 Å². The zero-order chi connectivity index (χ0) is 12.4. The number of rotatable bonds is 2. The molecule has 0 fully saturated rings. The molecule has 0 aliphatic rings. The quantitative estimate of drug-likeness (QED) is 0.923. The lowest BCUT2D eigenvalue weighted by Crippen LogP contribution is -2.16. The highest BCUT2D eigenvalue weighted by atomic mass is 79.9. The van der Waals surface area contributed by atoms with Crippen molar-refractivity contribution < 1.29 is 4.79 Å². The van der Waals surface area contributed by atoms with Crippen molar-refractivity contribution in [2.24, 2.45) is 5.73 Å². The first-order valence-corrected chi connectivity index (χ1v) is 5.77. The van der Waals surface area contributed by atoms with Crippen LogP contribution in [0.2, 0.25) is 0 Å². The van der Waals surface area contributed by atoms with Gasteiger partial charge in [0.15, 0.2) is 0 Å². The van der Waals surface area contributed by atoms with Crippen LogP contribution in [0.25, 0.3) is 11.3 Å². The lowest BCUT2D eigenvalue weighted by Gasteiger charge is -2.05. The Morgan fingerprint density at radius 3 is 2.65 bits per heavy atom. The van der Waals surface area contributed by atoms with E-state index in [1.807, 2.05) is 30.3 Å². The van der Waals surface area contributed by atoms with E-state index < -0.39 is 5.91 Å². The lowest BCUT2D eigenvalue weighted by molar-refractivity contribution is 0.0990. The maximum Gasteiger partial charge on any atom is 0.286 e. The second-order valence-corrected chi connectivity index (χ2v) is 4.42. The average molecular weight is 292 g/mol. The summed E-state index contributed by atoms with van der Waals surface area (Å²) < 4.78 is 0.911. The van der Waals surface area contributed by atoms with Gasteiger partial charge in [-0.15, -0.1) is 0 Å². The summed E-state index contributed by atoms with van der Waals surface area (Å²) in [4.78, 5) is 19.2. The van der Waals surface area contributed by atoms with E-state index in [1.165, 1.54) is 0 Å². The van der Waals surface area contributed by atoms with Gasteiger partial charge in [0.25, 0.3) is 5.91 Å². The van der Waals surface area contributed by atoms with Crippen LogP contribution < -0.4 is 5.73 Å². The van der Waals surface area contributed by atoms with Gasteiger partial charge in [-0.1, -0.05) is 34.1 Å². The lowest BCUT2D eigenvalue weighted by atomic mass is 10.1. The summed E-state index contributed by atoms with van der Waals surface area (Å²) in [6.07, 6.45) is 0. The van der Waals surface area contributed by atoms with Crippen molar-refractivity contribution >= 4 is 21.8 Å². The number of hydrogen-bond donors (Lipinski definition) is 1. The molecule has 0 atom stereocenters. The van der Waals surface area contributed by atoms with E-state index in [-0.39, 0.29) is 5.82 Å². The Kier molecular flexibility index (Phi) is 3.19. The van der Waals surface area contributed by atoms with Crippen LogP contribution in [0.3, 0.4) is 0 Å². The largest absolute Gasteiger partial charge is 0.363 e. The predicted octanol–water partition coefficient (Wildman–Crippen LogP) is 2.31. The summed E-state index contributed by atoms with van der Waals surface area (Å²) in [6, 6.07) is 9.46. The van der Waals surface area contributed by atoms with Crippen molar-refractivity contribution in [2.45, 2.75) is 6.92 Å². The van der Waals surface area contributed by atoms with E-state index in [4.69, 9.17) is 5.73 Å². The van der Waals surface area contributed by atoms with Crippen LogP contribution in [0.5, 0.6) is 0 Å². The Labute approximate surface area is 107 Å². The molecule has 4 nitrogen and oxygen atoms in total. The molecule has 0 spiro atoms. The van der Waals surface area contributed by atoms with Crippen LogP contribution >= 0.6 is 15.9 Å². The van der Waals surface area contributed by atoms with Gasteiger partial charge in [0.2, 0.25) is 5.82 Å². The molecule has 0 bridgehead atoms. The van der Waals surface area contributed by atoms with Crippen molar-refractivity contribution in [1.29, 1.82) is 0 Å². The van der Waals surface area contributed by atoms with E-state index >= 15 is 0 Å². The molecule has 17 heavy (non-hydrogen) atoms. The second-order valence-electron chi connectivity index (χ2n) is 3.56. The van der Waals surface area contributed by atoms with Gasteiger partial charge in [-0.3, -0.25) is 4.79 Å². The van der Waals surface area contributed by atoms with Crippen LogP contribution in [0, 0.1) is 6.92 Å². The van der Waals surface area contributed by atoms with Crippen molar-refractivity contribution in [3.63, 3.8) is 0 Å². The van der Waals surface area contributed by atoms with Crippen LogP contribution in [-0.4, -0.2) is 15.9 Å². The fraction of sp³-hybridized carbons (Fsp3) is 0.0833. The van der Waals surface area contributed by atoms with Crippen LogP contribution in [0.1, 0.15) is 16.3 Å². The molecule has 1 aromatic carbocycles. The first kappa shape index (κ1) is 11.7. The summed E-state index contributed by atoms with van der Waals surface area (Å²) in [6.45, 7) is 1.80. The second kappa shape index (κ2) is 4.63. The van der Waals surface area contributed by atoms with Crippen LogP contribution in [-0.2, 0) is 0 Å². The normalized spacial score (nSPS) is 10.2. The Morgan fingerprint density at radius 1 is 1.29 bits per heavy atom. The van der Waals surface area contributed by atoms with E-state index in [2.05, 4.69) is 25.9 Å². The van der Waals surface area contributed by atoms with E-state index in [0.29, 0.717) is 11.4 Å². The third kappa shape index (κ3) is 2.50. The number of carbonyl (C=O) groups is 1. The molecule has 0 aliphatic carbocycles. The first-order valence-electron chi connectivity index (χ1n) is 4.98. The average Bonchev–Trinajstić information content (AvgIpc) is 2.28. The molecule has 0 saturated carbocycles. The van der Waals surface area contributed by atoms with Gasteiger partial charge >= 0.3 is 0 Å². The zero-order valence-corrected chi connectivity index (χ0v) is 10.7. The van der Waals surface area contributed by atoms with Crippen molar-refractivity contribution in [1.82, 2.24) is 9.97 Å². The molecule has 0 radical (unpaired) electrons. The third-order valence-electron chi connectivity index (χ3n) is 2.22. The monoisotopic (exact) mass is 291 g/mol. The third-order valence-corrected chi connectivity index (χ3v) is 2.92. The van der Waals surface area contributed by atoms with Gasteiger partial charge in [-0.25, -0.2) is 9.97 Å². The number of amides is 1. The number of aryl methyl sites for hydroxylation is 1. The van der Waals surface area contributed by atoms with Crippen LogP contribution in [0.15, 0.2) is 34.8 Å². The van der Waals surface area contributed by atoms with Gasteiger partial charge in [0, 0.05) is 15.7 Å². The maximum atomic E-state index is 11.1. The summed E-state index contributed by atoms with van der Waals surface area (Å²) in [5, 5.41) is 0. The standard InChI is InChI=1S/C12H10BrN3O/c1-7-6-10(16-12(15-7)11(14)17)8-4-2-3-5-9(8)13/h2-6H,1H3,(H2,14,17).